The zero-order valence-electron chi connectivity index (χ0n) is 11.6. The van der Waals surface area contributed by atoms with Crippen LogP contribution in [-0.4, -0.2) is 36.6 Å². The quantitative estimate of drug-likeness (QED) is 0.897. The van der Waals surface area contributed by atoms with Gasteiger partial charge in [-0.3, -0.25) is 0 Å². The molecular weight excluding hydrogens is 239 g/mol. The highest BCUT2D eigenvalue weighted by molar-refractivity contribution is 5.16. The Kier molecular flexibility index (Phi) is 3.85. The van der Waals surface area contributed by atoms with Crippen LogP contribution in [0.5, 0.6) is 0 Å². The first-order valence-corrected chi connectivity index (χ1v) is 7.42. The van der Waals surface area contributed by atoms with Crippen molar-refractivity contribution in [3.63, 3.8) is 0 Å². The lowest BCUT2D eigenvalue weighted by Gasteiger charge is -2.36. The van der Waals surface area contributed by atoms with Gasteiger partial charge >= 0.3 is 0 Å². The summed E-state index contributed by atoms with van der Waals surface area (Å²) in [7, 11) is 2.27. The molecule has 3 rings (SSSR count). The van der Waals surface area contributed by atoms with Crippen LogP contribution < -0.4 is 5.32 Å². The molecule has 0 amide bonds. The molecule has 2 unspecified atom stereocenters. The van der Waals surface area contributed by atoms with E-state index in [1.165, 1.54) is 31.2 Å². The zero-order chi connectivity index (χ0) is 13.2. The fourth-order valence-corrected chi connectivity index (χ4v) is 3.65. The summed E-state index contributed by atoms with van der Waals surface area (Å²) in [5.74, 6) is -0.149. The van der Waals surface area contributed by atoms with Crippen molar-refractivity contribution in [3.05, 3.63) is 35.6 Å². The zero-order valence-corrected chi connectivity index (χ0v) is 11.6. The molecule has 0 spiro atoms. The summed E-state index contributed by atoms with van der Waals surface area (Å²) in [5.41, 5.74) is 1.21. The molecule has 0 aliphatic carbocycles. The van der Waals surface area contributed by atoms with Crippen LogP contribution in [0, 0.1) is 5.82 Å². The first kappa shape index (κ1) is 13.1. The second-order valence-corrected chi connectivity index (χ2v) is 6.05. The number of benzene rings is 1. The number of hydrogen-bond acceptors (Lipinski definition) is 2. The minimum absolute atomic E-state index is 0.149. The van der Waals surface area contributed by atoms with Crippen LogP contribution in [-0.2, 0) is 6.42 Å². The van der Waals surface area contributed by atoms with Crippen LogP contribution in [0.15, 0.2) is 24.3 Å². The molecule has 1 N–H and O–H groups in total. The Bertz CT molecular complexity index is 403. The molecular formula is C16H23FN2. The maximum absolute atomic E-state index is 12.8. The highest BCUT2D eigenvalue weighted by Gasteiger charge is 2.37. The number of piperidine rings is 1. The van der Waals surface area contributed by atoms with Crippen LogP contribution >= 0.6 is 0 Å². The predicted octanol–water partition coefficient (Wildman–Crippen LogP) is 2.58. The molecule has 3 heteroatoms. The number of nitrogens with zero attached hydrogens (tertiary/aromatic N) is 1. The van der Waals surface area contributed by atoms with Crippen LogP contribution in [0.2, 0.25) is 0 Å². The SMILES string of the molecule is CN1C2CCC1CC(NCCc1ccc(F)cc1)C2. The Labute approximate surface area is 115 Å². The van der Waals surface area contributed by atoms with E-state index in [1.807, 2.05) is 12.1 Å². The van der Waals surface area contributed by atoms with Gasteiger partial charge in [0, 0.05) is 18.1 Å². The van der Waals surface area contributed by atoms with Gasteiger partial charge in [-0.15, -0.1) is 0 Å². The van der Waals surface area contributed by atoms with E-state index >= 15 is 0 Å². The van der Waals surface area contributed by atoms with E-state index in [0.29, 0.717) is 6.04 Å². The lowest BCUT2D eigenvalue weighted by molar-refractivity contribution is 0.149. The highest BCUT2D eigenvalue weighted by Crippen LogP contribution is 2.34. The molecule has 19 heavy (non-hydrogen) atoms. The summed E-state index contributed by atoms with van der Waals surface area (Å²) in [4.78, 5) is 2.57. The number of rotatable bonds is 4. The molecule has 2 aliphatic heterocycles. The standard InChI is InChI=1S/C16H23FN2/c1-19-15-6-7-16(19)11-14(10-15)18-9-8-12-2-4-13(17)5-3-12/h2-5,14-16,18H,6-11H2,1H3. The van der Waals surface area contributed by atoms with Gasteiger partial charge in [-0.1, -0.05) is 12.1 Å². The van der Waals surface area contributed by atoms with Gasteiger partial charge in [-0.2, -0.15) is 0 Å². The van der Waals surface area contributed by atoms with E-state index in [4.69, 9.17) is 0 Å². The number of hydrogen-bond donors (Lipinski definition) is 1. The van der Waals surface area contributed by atoms with Gasteiger partial charge in [0.1, 0.15) is 5.82 Å². The van der Waals surface area contributed by atoms with E-state index < -0.39 is 0 Å². The van der Waals surface area contributed by atoms with Gasteiger partial charge in [-0.05, 0) is 63.4 Å². The summed E-state index contributed by atoms with van der Waals surface area (Å²) in [6.45, 7) is 0.999. The number of halogens is 1. The third-order valence-electron chi connectivity index (χ3n) is 4.86. The molecule has 1 aromatic carbocycles. The molecule has 2 saturated heterocycles. The second-order valence-electron chi connectivity index (χ2n) is 6.05. The first-order valence-electron chi connectivity index (χ1n) is 7.42. The molecule has 2 nitrogen and oxygen atoms in total. The van der Waals surface area contributed by atoms with E-state index in [-0.39, 0.29) is 5.82 Å². The van der Waals surface area contributed by atoms with Crippen LogP contribution in [0.3, 0.4) is 0 Å². The molecule has 1 aromatic rings. The molecule has 2 aliphatic rings. The Morgan fingerprint density at radius 3 is 2.42 bits per heavy atom. The van der Waals surface area contributed by atoms with Crippen LogP contribution in [0.4, 0.5) is 4.39 Å². The number of nitrogens with one attached hydrogen (secondary N) is 1. The van der Waals surface area contributed by atoms with Gasteiger partial charge in [-0.25, -0.2) is 4.39 Å². The normalized spacial score (nSPS) is 30.7. The van der Waals surface area contributed by atoms with Crippen molar-refractivity contribution >= 4 is 0 Å². The monoisotopic (exact) mass is 262 g/mol. The maximum Gasteiger partial charge on any atom is 0.123 e. The highest BCUT2D eigenvalue weighted by atomic mass is 19.1. The summed E-state index contributed by atoms with van der Waals surface area (Å²) in [5, 5.41) is 3.69. The van der Waals surface area contributed by atoms with E-state index in [1.54, 1.807) is 12.1 Å². The third-order valence-corrected chi connectivity index (χ3v) is 4.86. The van der Waals surface area contributed by atoms with E-state index in [0.717, 1.165) is 25.0 Å². The van der Waals surface area contributed by atoms with Gasteiger partial charge in [0.2, 0.25) is 0 Å². The molecule has 0 radical (unpaired) electrons. The number of fused-ring (bicyclic) bond motifs is 2. The molecule has 104 valence electrons. The Morgan fingerprint density at radius 1 is 1.16 bits per heavy atom. The van der Waals surface area contributed by atoms with Gasteiger partial charge in [0.05, 0.1) is 0 Å². The predicted molar refractivity (Wildman–Crippen MR) is 75.7 cm³/mol. The van der Waals surface area contributed by atoms with Gasteiger partial charge < -0.3 is 10.2 Å². The van der Waals surface area contributed by atoms with Crippen molar-refractivity contribution in [2.24, 2.45) is 0 Å². The van der Waals surface area contributed by atoms with E-state index in [2.05, 4.69) is 17.3 Å². The lowest BCUT2D eigenvalue weighted by atomic mass is 9.98. The molecule has 0 saturated carbocycles. The Balaban J connectivity index is 1.45. The molecule has 2 atom stereocenters. The maximum atomic E-state index is 12.8. The minimum atomic E-state index is -0.149. The van der Waals surface area contributed by atoms with Crippen molar-refractivity contribution in [1.29, 1.82) is 0 Å². The largest absolute Gasteiger partial charge is 0.314 e. The van der Waals surface area contributed by atoms with Gasteiger partial charge in [0.25, 0.3) is 0 Å². The molecule has 0 aromatic heterocycles. The lowest BCUT2D eigenvalue weighted by Crippen LogP contribution is -2.47. The van der Waals surface area contributed by atoms with Crippen molar-refractivity contribution in [3.8, 4) is 0 Å². The van der Waals surface area contributed by atoms with Crippen molar-refractivity contribution in [1.82, 2.24) is 10.2 Å². The minimum Gasteiger partial charge on any atom is -0.314 e. The van der Waals surface area contributed by atoms with Crippen LogP contribution in [0.1, 0.15) is 31.2 Å². The summed E-state index contributed by atoms with van der Waals surface area (Å²) < 4.78 is 12.8. The fraction of sp³-hybridized carbons (Fsp3) is 0.625. The first-order chi connectivity index (χ1) is 9.22. The Morgan fingerprint density at radius 2 is 1.79 bits per heavy atom. The summed E-state index contributed by atoms with van der Waals surface area (Å²) in [6, 6.07) is 9.12. The summed E-state index contributed by atoms with van der Waals surface area (Å²) in [6.07, 6.45) is 6.31. The molecule has 2 fully saturated rings. The average molecular weight is 262 g/mol. The molecule has 2 bridgehead atoms. The van der Waals surface area contributed by atoms with Crippen molar-refractivity contribution in [2.45, 2.75) is 50.2 Å². The Hall–Kier alpha value is -0.930. The van der Waals surface area contributed by atoms with Crippen molar-refractivity contribution in [2.75, 3.05) is 13.6 Å². The smallest absolute Gasteiger partial charge is 0.123 e. The summed E-state index contributed by atoms with van der Waals surface area (Å²) >= 11 is 0. The van der Waals surface area contributed by atoms with Gasteiger partial charge in [0.15, 0.2) is 0 Å². The fourth-order valence-electron chi connectivity index (χ4n) is 3.65. The third kappa shape index (κ3) is 2.98. The van der Waals surface area contributed by atoms with Crippen molar-refractivity contribution < 1.29 is 4.39 Å². The second kappa shape index (κ2) is 5.59. The average Bonchev–Trinajstić information content (AvgIpc) is 2.64. The topological polar surface area (TPSA) is 15.3 Å². The van der Waals surface area contributed by atoms with Crippen LogP contribution in [0.25, 0.3) is 0 Å². The van der Waals surface area contributed by atoms with E-state index in [9.17, 15) is 4.39 Å². The molecule has 2 heterocycles.